The molecule has 1 aliphatic rings. The van der Waals surface area contributed by atoms with Gasteiger partial charge in [0, 0.05) is 10.9 Å². The van der Waals surface area contributed by atoms with Crippen molar-refractivity contribution >= 4 is 17.2 Å². The average molecular weight is 253 g/mol. The zero-order chi connectivity index (χ0) is 12.1. The first-order chi connectivity index (χ1) is 8.25. The number of thiazole rings is 1. The fraction of sp³-hybridized carbons (Fsp3) is 0.667. The Morgan fingerprint density at radius 1 is 1.53 bits per heavy atom. The summed E-state index contributed by atoms with van der Waals surface area (Å²) in [6, 6.07) is 0.547. The van der Waals surface area contributed by atoms with Gasteiger partial charge in [0.25, 0.3) is 0 Å². The molecule has 1 fully saturated rings. The van der Waals surface area contributed by atoms with Crippen LogP contribution in [0.1, 0.15) is 36.3 Å². The van der Waals surface area contributed by atoms with Crippen molar-refractivity contribution < 1.29 is 4.79 Å². The van der Waals surface area contributed by atoms with E-state index in [1.54, 1.807) is 11.3 Å². The van der Waals surface area contributed by atoms with Crippen LogP contribution in [-0.2, 0) is 11.3 Å². The summed E-state index contributed by atoms with van der Waals surface area (Å²) in [7, 11) is 0. The lowest BCUT2D eigenvalue weighted by atomic mass is 10.2. The second kappa shape index (κ2) is 6.12. The van der Waals surface area contributed by atoms with Crippen molar-refractivity contribution in [3.05, 3.63) is 16.1 Å². The van der Waals surface area contributed by atoms with E-state index < -0.39 is 0 Å². The molecule has 0 unspecified atom stereocenters. The maximum Gasteiger partial charge on any atom is 0.234 e. The van der Waals surface area contributed by atoms with Crippen LogP contribution in [0.25, 0.3) is 0 Å². The molecule has 1 saturated carbocycles. The topological polar surface area (TPSA) is 54.0 Å². The van der Waals surface area contributed by atoms with Crippen molar-refractivity contribution in [2.24, 2.45) is 0 Å². The van der Waals surface area contributed by atoms with Crippen LogP contribution in [0, 0.1) is 6.92 Å². The molecule has 0 atom stereocenters. The predicted octanol–water partition coefficient (Wildman–Crippen LogP) is 1.60. The third-order valence-corrected chi connectivity index (χ3v) is 4.13. The van der Waals surface area contributed by atoms with E-state index in [2.05, 4.69) is 15.6 Å². The lowest BCUT2D eigenvalue weighted by Gasteiger charge is -2.11. The summed E-state index contributed by atoms with van der Waals surface area (Å²) in [5.41, 5.74) is 2.83. The molecule has 0 saturated heterocycles. The highest BCUT2D eigenvalue weighted by atomic mass is 32.1. The molecule has 2 rings (SSSR count). The van der Waals surface area contributed by atoms with E-state index in [-0.39, 0.29) is 5.91 Å². The number of hydrogen-bond acceptors (Lipinski definition) is 4. The average Bonchev–Trinajstić information content (AvgIpc) is 2.95. The lowest BCUT2D eigenvalue weighted by molar-refractivity contribution is -0.120. The van der Waals surface area contributed by atoms with E-state index in [1.807, 2.05) is 12.4 Å². The van der Waals surface area contributed by atoms with Gasteiger partial charge in [-0.2, -0.15) is 0 Å². The second-order valence-electron chi connectivity index (χ2n) is 4.50. The Kier molecular flexibility index (Phi) is 4.50. The molecular weight excluding hydrogens is 234 g/mol. The first-order valence-corrected chi connectivity index (χ1v) is 7.02. The Morgan fingerprint density at radius 3 is 2.94 bits per heavy atom. The van der Waals surface area contributed by atoms with Gasteiger partial charge in [-0.15, -0.1) is 11.3 Å². The van der Waals surface area contributed by atoms with Gasteiger partial charge in [0.15, 0.2) is 0 Å². The zero-order valence-electron chi connectivity index (χ0n) is 10.2. The summed E-state index contributed by atoms with van der Waals surface area (Å²) < 4.78 is 0. The molecular formula is C12H19N3OS. The normalized spacial score (nSPS) is 16.3. The number of carbonyl (C=O) groups excluding carboxylic acids is 1. The van der Waals surface area contributed by atoms with E-state index in [9.17, 15) is 4.79 Å². The van der Waals surface area contributed by atoms with E-state index in [0.29, 0.717) is 19.1 Å². The SMILES string of the molecule is Cc1ncsc1CNC(=O)CNC1CCCC1. The van der Waals surface area contributed by atoms with E-state index >= 15 is 0 Å². The quantitative estimate of drug-likeness (QED) is 0.838. The minimum Gasteiger partial charge on any atom is -0.350 e. The maximum absolute atomic E-state index is 11.6. The van der Waals surface area contributed by atoms with Crippen LogP contribution in [0.3, 0.4) is 0 Å². The number of amides is 1. The van der Waals surface area contributed by atoms with Crippen LogP contribution >= 0.6 is 11.3 Å². The minimum absolute atomic E-state index is 0.0738. The molecule has 0 spiro atoms. The predicted molar refractivity (Wildman–Crippen MR) is 69.0 cm³/mol. The minimum atomic E-state index is 0.0738. The van der Waals surface area contributed by atoms with E-state index in [0.717, 1.165) is 10.6 Å². The summed E-state index contributed by atoms with van der Waals surface area (Å²) in [6.45, 7) is 3.00. The van der Waals surface area contributed by atoms with Crippen molar-refractivity contribution in [3.8, 4) is 0 Å². The summed E-state index contributed by atoms with van der Waals surface area (Å²) in [5, 5.41) is 6.22. The van der Waals surface area contributed by atoms with E-state index in [4.69, 9.17) is 0 Å². The highest BCUT2D eigenvalue weighted by Gasteiger charge is 2.15. The molecule has 5 heteroatoms. The molecule has 17 heavy (non-hydrogen) atoms. The molecule has 2 N–H and O–H groups in total. The maximum atomic E-state index is 11.6. The first-order valence-electron chi connectivity index (χ1n) is 6.15. The van der Waals surface area contributed by atoms with Crippen molar-refractivity contribution in [1.29, 1.82) is 0 Å². The number of nitrogens with zero attached hydrogens (tertiary/aromatic N) is 1. The Hall–Kier alpha value is -0.940. The number of rotatable bonds is 5. The third kappa shape index (κ3) is 3.78. The summed E-state index contributed by atoms with van der Waals surface area (Å²) in [5.74, 6) is 0.0738. The third-order valence-electron chi connectivity index (χ3n) is 3.20. The summed E-state index contributed by atoms with van der Waals surface area (Å²) in [4.78, 5) is 16.9. The molecule has 1 aromatic heterocycles. The largest absolute Gasteiger partial charge is 0.350 e. The number of aromatic nitrogens is 1. The van der Waals surface area contributed by atoms with Crippen molar-refractivity contribution in [2.75, 3.05) is 6.54 Å². The smallest absolute Gasteiger partial charge is 0.234 e. The highest BCUT2D eigenvalue weighted by molar-refractivity contribution is 7.09. The Morgan fingerprint density at radius 2 is 2.29 bits per heavy atom. The molecule has 0 aromatic carbocycles. The van der Waals surface area contributed by atoms with Crippen LogP contribution in [-0.4, -0.2) is 23.5 Å². The van der Waals surface area contributed by atoms with Gasteiger partial charge in [0.1, 0.15) is 0 Å². The molecule has 0 radical (unpaired) electrons. The molecule has 1 amide bonds. The van der Waals surface area contributed by atoms with Crippen LogP contribution in [0.4, 0.5) is 0 Å². The van der Waals surface area contributed by atoms with E-state index in [1.165, 1.54) is 25.7 Å². The van der Waals surface area contributed by atoms with Gasteiger partial charge in [0.05, 0.1) is 24.3 Å². The number of carbonyl (C=O) groups is 1. The first kappa shape index (κ1) is 12.5. The van der Waals surface area contributed by atoms with Gasteiger partial charge in [-0.1, -0.05) is 12.8 Å². The molecule has 1 heterocycles. The standard InChI is InChI=1S/C12H19N3OS/c1-9-11(17-8-15-9)6-14-12(16)7-13-10-4-2-3-5-10/h8,10,13H,2-7H2,1H3,(H,14,16). The lowest BCUT2D eigenvalue weighted by Crippen LogP contribution is -2.37. The number of nitrogens with one attached hydrogen (secondary N) is 2. The number of aryl methyl sites for hydroxylation is 1. The number of hydrogen-bond donors (Lipinski definition) is 2. The molecule has 94 valence electrons. The highest BCUT2D eigenvalue weighted by Crippen LogP contribution is 2.17. The van der Waals surface area contributed by atoms with Gasteiger partial charge < -0.3 is 10.6 Å². The van der Waals surface area contributed by atoms with Crippen molar-refractivity contribution in [3.63, 3.8) is 0 Å². The van der Waals surface area contributed by atoms with Gasteiger partial charge in [-0.3, -0.25) is 4.79 Å². The Bertz CT molecular complexity index is 372. The van der Waals surface area contributed by atoms with Crippen LogP contribution < -0.4 is 10.6 Å². The fourth-order valence-corrected chi connectivity index (χ4v) is 2.82. The zero-order valence-corrected chi connectivity index (χ0v) is 11.0. The monoisotopic (exact) mass is 253 g/mol. The van der Waals surface area contributed by atoms with Crippen molar-refractivity contribution in [2.45, 2.75) is 45.2 Å². The summed E-state index contributed by atoms with van der Waals surface area (Å²) >= 11 is 1.59. The van der Waals surface area contributed by atoms with Gasteiger partial charge in [-0.05, 0) is 19.8 Å². The Labute approximate surface area is 106 Å². The molecule has 1 aliphatic carbocycles. The van der Waals surface area contributed by atoms with Crippen LogP contribution in [0.2, 0.25) is 0 Å². The summed E-state index contributed by atoms with van der Waals surface area (Å²) in [6.07, 6.45) is 5.00. The molecule has 0 aliphatic heterocycles. The van der Waals surface area contributed by atoms with Gasteiger partial charge >= 0.3 is 0 Å². The fourth-order valence-electron chi connectivity index (χ4n) is 2.10. The molecule has 4 nitrogen and oxygen atoms in total. The second-order valence-corrected chi connectivity index (χ2v) is 5.44. The van der Waals surface area contributed by atoms with Crippen LogP contribution in [0.15, 0.2) is 5.51 Å². The van der Waals surface area contributed by atoms with Crippen LogP contribution in [0.5, 0.6) is 0 Å². The van der Waals surface area contributed by atoms with Crippen molar-refractivity contribution in [1.82, 2.24) is 15.6 Å². The Balaban J connectivity index is 1.65. The van der Waals surface area contributed by atoms with Gasteiger partial charge in [0.2, 0.25) is 5.91 Å². The molecule has 1 aromatic rings. The molecule has 0 bridgehead atoms. The van der Waals surface area contributed by atoms with Gasteiger partial charge in [-0.25, -0.2) is 4.98 Å².